The molecule has 2 heterocycles. The van der Waals surface area contributed by atoms with Crippen LogP contribution in [0.2, 0.25) is 0 Å². The highest BCUT2D eigenvalue weighted by atomic mass is 19.4. The fraction of sp³-hybridized carbons (Fsp3) is 0.133. The summed E-state index contributed by atoms with van der Waals surface area (Å²) in [5, 5.41) is 4.18. The van der Waals surface area contributed by atoms with E-state index in [1.54, 1.807) is 22.8 Å². The average molecular weight is 292 g/mol. The van der Waals surface area contributed by atoms with E-state index in [0.29, 0.717) is 0 Å². The van der Waals surface area contributed by atoms with Crippen LogP contribution in [0.5, 0.6) is 5.75 Å². The zero-order valence-electron chi connectivity index (χ0n) is 11.1. The minimum absolute atomic E-state index is 0.229. The fourth-order valence-corrected chi connectivity index (χ4v) is 2.13. The van der Waals surface area contributed by atoms with Crippen molar-refractivity contribution in [3.05, 3.63) is 54.4 Å². The van der Waals surface area contributed by atoms with Gasteiger partial charge >= 0.3 is 6.36 Å². The first-order chi connectivity index (χ1) is 9.92. The van der Waals surface area contributed by atoms with Crippen LogP contribution in [0.1, 0.15) is 5.56 Å². The van der Waals surface area contributed by atoms with E-state index >= 15 is 0 Å². The van der Waals surface area contributed by atoms with Crippen molar-refractivity contribution in [1.82, 2.24) is 9.61 Å². The lowest BCUT2D eigenvalue weighted by Crippen LogP contribution is -2.16. The van der Waals surface area contributed by atoms with Gasteiger partial charge in [-0.3, -0.25) is 0 Å². The second-order valence-corrected chi connectivity index (χ2v) is 4.64. The van der Waals surface area contributed by atoms with Gasteiger partial charge in [0.1, 0.15) is 5.75 Å². The van der Waals surface area contributed by atoms with E-state index in [2.05, 4.69) is 9.84 Å². The van der Waals surface area contributed by atoms with Gasteiger partial charge in [-0.15, -0.1) is 13.2 Å². The number of nitrogens with zero attached hydrogens (tertiary/aromatic N) is 2. The van der Waals surface area contributed by atoms with Crippen LogP contribution in [0.15, 0.2) is 48.8 Å². The van der Waals surface area contributed by atoms with Gasteiger partial charge in [-0.25, -0.2) is 4.52 Å². The molecule has 0 saturated carbocycles. The summed E-state index contributed by atoms with van der Waals surface area (Å²) >= 11 is 0. The molecule has 108 valence electrons. The second kappa shape index (κ2) is 4.80. The van der Waals surface area contributed by atoms with E-state index in [9.17, 15) is 13.2 Å². The van der Waals surface area contributed by atoms with Crippen LogP contribution >= 0.6 is 0 Å². The van der Waals surface area contributed by atoms with Crippen LogP contribution in [0.3, 0.4) is 0 Å². The first-order valence-corrected chi connectivity index (χ1v) is 6.22. The normalized spacial score (nSPS) is 11.8. The van der Waals surface area contributed by atoms with E-state index in [4.69, 9.17) is 0 Å². The average Bonchev–Trinajstić information content (AvgIpc) is 2.79. The number of aryl methyl sites for hydroxylation is 1. The molecule has 0 aliphatic carbocycles. The smallest absolute Gasteiger partial charge is 0.406 e. The summed E-state index contributed by atoms with van der Waals surface area (Å²) < 4.78 is 42.0. The summed E-state index contributed by atoms with van der Waals surface area (Å²) in [4.78, 5) is 0. The standard InChI is InChI=1S/C15H11F3N2O/c1-10-9-19-20-7-6-12(8-14(10)20)11-2-4-13(5-3-11)21-15(16,17)18/h2-9H,1H3. The van der Waals surface area contributed by atoms with E-state index < -0.39 is 6.36 Å². The van der Waals surface area contributed by atoms with Gasteiger partial charge in [0.05, 0.1) is 11.7 Å². The number of benzene rings is 1. The SMILES string of the molecule is Cc1cnn2ccc(-c3ccc(OC(F)(F)F)cc3)cc12. The molecule has 2 aromatic heterocycles. The van der Waals surface area contributed by atoms with Crippen LogP contribution in [-0.4, -0.2) is 16.0 Å². The number of fused-ring (bicyclic) bond motifs is 1. The van der Waals surface area contributed by atoms with Crippen molar-refractivity contribution < 1.29 is 17.9 Å². The maximum Gasteiger partial charge on any atom is 0.573 e. The van der Waals surface area contributed by atoms with Crippen molar-refractivity contribution in [1.29, 1.82) is 0 Å². The maximum absolute atomic E-state index is 12.1. The van der Waals surface area contributed by atoms with Crippen molar-refractivity contribution >= 4 is 5.52 Å². The number of halogens is 3. The Morgan fingerprint density at radius 3 is 2.43 bits per heavy atom. The molecule has 3 nitrogen and oxygen atoms in total. The minimum Gasteiger partial charge on any atom is -0.406 e. The Kier molecular flexibility index (Phi) is 3.08. The third-order valence-electron chi connectivity index (χ3n) is 3.14. The highest BCUT2D eigenvalue weighted by molar-refractivity contribution is 5.70. The van der Waals surface area contributed by atoms with Gasteiger partial charge < -0.3 is 4.74 Å². The number of alkyl halides is 3. The molecule has 0 unspecified atom stereocenters. The minimum atomic E-state index is -4.67. The Balaban J connectivity index is 1.93. The molecule has 3 rings (SSSR count). The molecule has 0 aliphatic heterocycles. The highest BCUT2D eigenvalue weighted by Crippen LogP contribution is 2.27. The number of aromatic nitrogens is 2. The zero-order chi connectivity index (χ0) is 15.0. The molecule has 0 N–H and O–H groups in total. The van der Waals surface area contributed by atoms with Crippen LogP contribution in [0.25, 0.3) is 16.6 Å². The summed E-state index contributed by atoms with van der Waals surface area (Å²) in [7, 11) is 0. The monoisotopic (exact) mass is 292 g/mol. The van der Waals surface area contributed by atoms with Crippen LogP contribution in [0.4, 0.5) is 13.2 Å². The predicted octanol–water partition coefficient (Wildman–Crippen LogP) is 4.21. The number of hydrogen-bond acceptors (Lipinski definition) is 2. The van der Waals surface area contributed by atoms with Crippen molar-refractivity contribution in [3.63, 3.8) is 0 Å². The van der Waals surface area contributed by atoms with Crippen molar-refractivity contribution in [2.24, 2.45) is 0 Å². The van der Waals surface area contributed by atoms with Gasteiger partial charge in [-0.1, -0.05) is 12.1 Å². The van der Waals surface area contributed by atoms with Crippen molar-refractivity contribution in [2.75, 3.05) is 0 Å². The molecule has 0 fully saturated rings. The summed E-state index contributed by atoms with van der Waals surface area (Å²) in [6, 6.07) is 9.60. The third kappa shape index (κ3) is 2.84. The molecule has 3 aromatic rings. The van der Waals surface area contributed by atoms with Crippen molar-refractivity contribution in [2.45, 2.75) is 13.3 Å². The fourth-order valence-electron chi connectivity index (χ4n) is 2.13. The first kappa shape index (κ1) is 13.5. The molecule has 0 saturated heterocycles. The summed E-state index contributed by atoms with van der Waals surface area (Å²) in [6.45, 7) is 1.95. The largest absolute Gasteiger partial charge is 0.573 e. The number of pyridine rings is 1. The molecule has 0 aliphatic rings. The third-order valence-corrected chi connectivity index (χ3v) is 3.14. The van der Waals surface area contributed by atoms with Gasteiger partial charge in [0.15, 0.2) is 0 Å². The molecular weight excluding hydrogens is 281 g/mol. The molecular formula is C15H11F3N2O. The summed E-state index contributed by atoms with van der Waals surface area (Å²) in [5.41, 5.74) is 3.72. The predicted molar refractivity (Wildman–Crippen MR) is 72.0 cm³/mol. The maximum atomic E-state index is 12.1. The molecule has 0 amide bonds. The lowest BCUT2D eigenvalue weighted by atomic mass is 10.1. The molecule has 0 spiro atoms. The zero-order valence-corrected chi connectivity index (χ0v) is 11.1. The van der Waals surface area contributed by atoms with Crippen LogP contribution in [-0.2, 0) is 0 Å². The lowest BCUT2D eigenvalue weighted by Gasteiger charge is -2.09. The summed E-state index contributed by atoms with van der Waals surface area (Å²) in [6.07, 6.45) is -1.09. The Labute approximate surface area is 118 Å². The van der Waals surface area contributed by atoms with E-state index in [1.165, 1.54) is 12.1 Å². The van der Waals surface area contributed by atoms with Gasteiger partial charge in [-0.05, 0) is 47.9 Å². The Hall–Kier alpha value is -2.50. The van der Waals surface area contributed by atoms with Crippen molar-refractivity contribution in [3.8, 4) is 16.9 Å². The molecule has 6 heteroatoms. The Bertz CT molecular complexity index is 776. The molecule has 0 bridgehead atoms. The van der Waals surface area contributed by atoms with Gasteiger partial charge in [0.25, 0.3) is 0 Å². The van der Waals surface area contributed by atoms with Gasteiger partial charge in [-0.2, -0.15) is 5.10 Å². The van der Waals surface area contributed by atoms with Crippen LogP contribution < -0.4 is 4.74 Å². The summed E-state index contributed by atoms with van der Waals surface area (Å²) in [5.74, 6) is -0.229. The van der Waals surface area contributed by atoms with Gasteiger partial charge in [0.2, 0.25) is 0 Å². The quantitative estimate of drug-likeness (QED) is 0.707. The van der Waals surface area contributed by atoms with Gasteiger partial charge in [0, 0.05) is 6.20 Å². The molecule has 0 radical (unpaired) electrons. The number of hydrogen-bond donors (Lipinski definition) is 0. The first-order valence-electron chi connectivity index (χ1n) is 6.22. The molecule has 1 aromatic carbocycles. The second-order valence-electron chi connectivity index (χ2n) is 4.64. The lowest BCUT2D eigenvalue weighted by molar-refractivity contribution is -0.274. The van der Waals surface area contributed by atoms with E-state index in [-0.39, 0.29) is 5.75 Å². The van der Waals surface area contributed by atoms with E-state index in [1.807, 2.05) is 25.3 Å². The van der Waals surface area contributed by atoms with Crippen LogP contribution in [0, 0.1) is 6.92 Å². The molecule has 21 heavy (non-hydrogen) atoms. The topological polar surface area (TPSA) is 26.5 Å². The Morgan fingerprint density at radius 1 is 1.05 bits per heavy atom. The number of ether oxygens (including phenoxy) is 1. The number of rotatable bonds is 2. The Morgan fingerprint density at radius 2 is 1.76 bits per heavy atom. The molecule has 0 atom stereocenters. The van der Waals surface area contributed by atoms with E-state index in [0.717, 1.165) is 22.2 Å². The highest BCUT2D eigenvalue weighted by Gasteiger charge is 2.30.